The van der Waals surface area contributed by atoms with E-state index in [0.717, 1.165) is 35.6 Å². The van der Waals surface area contributed by atoms with Crippen molar-refractivity contribution in [2.24, 2.45) is 0 Å². The summed E-state index contributed by atoms with van der Waals surface area (Å²) in [5, 5.41) is 4.76. The first-order valence-corrected chi connectivity index (χ1v) is 9.10. The molecule has 0 aliphatic heterocycles. The summed E-state index contributed by atoms with van der Waals surface area (Å²) in [4.78, 5) is 20.5. The minimum Gasteiger partial charge on any atom is -0.359 e. The van der Waals surface area contributed by atoms with Crippen LogP contribution in [0.25, 0.3) is 11.4 Å². The van der Waals surface area contributed by atoms with Gasteiger partial charge in [0.2, 0.25) is 0 Å². The van der Waals surface area contributed by atoms with Gasteiger partial charge in [-0.25, -0.2) is 4.98 Å². The average Bonchev–Trinajstić information content (AvgIpc) is 3.13. The lowest BCUT2D eigenvalue weighted by Crippen LogP contribution is -2.06. The Kier molecular flexibility index (Phi) is 3.76. The van der Waals surface area contributed by atoms with Gasteiger partial charge in [-0.05, 0) is 37.7 Å². The molecule has 1 aliphatic rings. The van der Waals surface area contributed by atoms with Crippen molar-refractivity contribution in [1.82, 2.24) is 15.1 Å². The highest BCUT2D eigenvalue weighted by atomic mass is 32.2. The second kappa shape index (κ2) is 5.94. The van der Waals surface area contributed by atoms with Crippen LogP contribution in [0.2, 0.25) is 0 Å². The van der Waals surface area contributed by atoms with Crippen LogP contribution in [0.3, 0.4) is 0 Å². The highest BCUT2D eigenvalue weighted by molar-refractivity contribution is 7.98. The van der Waals surface area contributed by atoms with Gasteiger partial charge in [0.1, 0.15) is 5.82 Å². The third-order valence-electron chi connectivity index (χ3n) is 4.30. The van der Waals surface area contributed by atoms with Gasteiger partial charge in [-0.3, -0.25) is 4.79 Å². The van der Waals surface area contributed by atoms with E-state index in [1.54, 1.807) is 12.4 Å². The smallest absolute Gasteiger partial charge is 0.199 e. The van der Waals surface area contributed by atoms with Crippen LogP contribution in [0.5, 0.6) is 0 Å². The van der Waals surface area contributed by atoms with Crippen LogP contribution in [0.1, 0.15) is 46.0 Å². The van der Waals surface area contributed by atoms with E-state index < -0.39 is 0 Å². The van der Waals surface area contributed by atoms with E-state index in [1.807, 2.05) is 31.4 Å². The number of hydrogen-bond donors (Lipinski definition) is 1. The number of benzene rings is 1. The topological polar surface area (TPSA) is 71.8 Å². The van der Waals surface area contributed by atoms with Crippen LogP contribution in [0, 0.1) is 6.92 Å². The van der Waals surface area contributed by atoms with Crippen molar-refractivity contribution in [1.29, 1.82) is 0 Å². The number of carbonyl (C=O) groups excluding carboxylic acids is 1. The molecular weight excluding hydrogens is 322 g/mol. The summed E-state index contributed by atoms with van der Waals surface area (Å²) in [6.45, 7) is 1.95. The van der Waals surface area contributed by atoms with Crippen LogP contribution in [0.15, 0.2) is 40.1 Å². The fraction of sp³-hybridized carbons (Fsp3) is 0.278. The molecule has 24 heavy (non-hydrogen) atoms. The van der Waals surface area contributed by atoms with Gasteiger partial charge in [-0.1, -0.05) is 17.3 Å². The maximum Gasteiger partial charge on any atom is 0.199 e. The molecule has 5 nitrogen and oxygen atoms in total. The highest BCUT2D eigenvalue weighted by Gasteiger charge is 2.35. The molecule has 0 unspecified atom stereocenters. The van der Waals surface area contributed by atoms with Crippen molar-refractivity contribution in [2.75, 3.05) is 6.26 Å². The van der Waals surface area contributed by atoms with Crippen LogP contribution in [-0.4, -0.2) is 27.2 Å². The molecule has 2 aromatic heterocycles. The van der Waals surface area contributed by atoms with Crippen LogP contribution < -0.4 is 0 Å². The number of H-pyrrole nitrogens is 1. The number of imidazole rings is 1. The molecule has 0 atom stereocenters. The zero-order valence-electron chi connectivity index (χ0n) is 13.5. The third kappa shape index (κ3) is 2.57. The molecule has 122 valence electrons. The molecule has 0 spiro atoms. The Morgan fingerprint density at radius 3 is 2.83 bits per heavy atom. The maximum atomic E-state index is 13.1. The Bertz CT molecular complexity index is 895. The number of carbonyl (C=O) groups is 1. The average molecular weight is 339 g/mol. The van der Waals surface area contributed by atoms with Crippen molar-refractivity contribution in [3.8, 4) is 11.4 Å². The predicted molar refractivity (Wildman–Crippen MR) is 92.5 cm³/mol. The first-order chi connectivity index (χ1) is 11.7. The standard InChI is InChI=1S/C18H17N3O2S/c1-10-9-12(17-19-7-8-20-17)5-6-13(10)15(22)14-16(11-3-4-11)23-21-18(14)24-2/h5-9,11H,3-4H2,1-2H3,(H,19,20). The summed E-state index contributed by atoms with van der Waals surface area (Å²) in [5.74, 6) is 1.88. The normalized spacial score (nSPS) is 14.1. The van der Waals surface area contributed by atoms with E-state index in [0.29, 0.717) is 22.1 Å². The van der Waals surface area contributed by atoms with E-state index in [9.17, 15) is 4.79 Å². The second-order valence-electron chi connectivity index (χ2n) is 6.00. The number of aromatic amines is 1. The zero-order chi connectivity index (χ0) is 16.7. The summed E-state index contributed by atoms with van der Waals surface area (Å²) >= 11 is 1.45. The first kappa shape index (κ1) is 15.2. The van der Waals surface area contributed by atoms with Crippen molar-refractivity contribution in [2.45, 2.75) is 30.7 Å². The summed E-state index contributed by atoms with van der Waals surface area (Å²) in [5.41, 5.74) is 3.21. The largest absolute Gasteiger partial charge is 0.359 e. The Morgan fingerprint density at radius 1 is 1.38 bits per heavy atom. The number of aromatic nitrogens is 3. The minimum atomic E-state index is -0.00834. The van der Waals surface area contributed by atoms with Gasteiger partial charge in [-0.2, -0.15) is 0 Å². The zero-order valence-corrected chi connectivity index (χ0v) is 14.3. The molecule has 0 bridgehead atoms. The van der Waals surface area contributed by atoms with E-state index in [-0.39, 0.29) is 5.78 Å². The van der Waals surface area contributed by atoms with Gasteiger partial charge in [0.05, 0.1) is 5.56 Å². The number of nitrogens with one attached hydrogen (secondary N) is 1. The summed E-state index contributed by atoms with van der Waals surface area (Å²) in [7, 11) is 0. The third-order valence-corrected chi connectivity index (χ3v) is 4.96. The molecule has 0 radical (unpaired) electrons. The lowest BCUT2D eigenvalue weighted by Gasteiger charge is -2.07. The molecule has 2 heterocycles. The number of hydrogen-bond acceptors (Lipinski definition) is 5. The molecule has 1 aliphatic carbocycles. The van der Waals surface area contributed by atoms with Gasteiger partial charge in [0, 0.05) is 29.4 Å². The summed E-state index contributed by atoms with van der Waals surface area (Å²) in [6, 6.07) is 5.76. The van der Waals surface area contributed by atoms with E-state index in [1.165, 1.54) is 11.8 Å². The Morgan fingerprint density at radius 2 is 2.21 bits per heavy atom. The van der Waals surface area contributed by atoms with Gasteiger partial charge in [0.25, 0.3) is 0 Å². The molecule has 1 N–H and O–H groups in total. The van der Waals surface area contributed by atoms with Crippen molar-refractivity contribution in [3.05, 3.63) is 53.0 Å². The SMILES string of the molecule is CSc1noc(C2CC2)c1C(=O)c1ccc(-c2ncc[nH]2)cc1C. The Labute approximate surface area is 143 Å². The molecule has 1 fully saturated rings. The number of ketones is 1. The first-order valence-electron chi connectivity index (χ1n) is 7.87. The molecule has 1 saturated carbocycles. The van der Waals surface area contributed by atoms with E-state index >= 15 is 0 Å². The van der Waals surface area contributed by atoms with Gasteiger partial charge < -0.3 is 9.51 Å². The van der Waals surface area contributed by atoms with Crippen LogP contribution in [0.4, 0.5) is 0 Å². The van der Waals surface area contributed by atoms with Gasteiger partial charge in [0.15, 0.2) is 16.6 Å². The maximum absolute atomic E-state index is 13.1. The van der Waals surface area contributed by atoms with Crippen molar-refractivity contribution >= 4 is 17.5 Å². The summed E-state index contributed by atoms with van der Waals surface area (Å²) in [6.07, 6.45) is 7.55. The molecule has 1 aromatic carbocycles. The Balaban J connectivity index is 1.74. The second-order valence-corrected chi connectivity index (χ2v) is 6.80. The molecular formula is C18H17N3O2S. The summed E-state index contributed by atoms with van der Waals surface area (Å²) < 4.78 is 5.47. The van der Waals surface area contributed by atoms with Crippen molar-refractivity contribution in [3.63, 3.8) is 0 Å². The molecule has 6 heteroatoms. The fourth-order valence-electron chi connectivity index (χ4n) is 2.88. The lowest BCUT2D eigenvalue weighted by atomic mass is 9.96. The number of thioether (sulfide) groups is 1. The van der Waals surface area contributed by atoms with Crippen LogP contribution >= 0.6 is 11.8 Å². The fourth-order valence-corrected chi connectivity index (χ4v) is 3.39. The van der Waals surface area contributed by atoms with Crippen molar-refractivity contribution < 1.29 is 9.32 Å². The monoisotopic (exact) mass is 339 g/mol. The number of aryl methyl sites for hydroxylation is 1. The van der Waals surface area contributed by atoms with E-state index in [2.05, 4.69) is 15.1 Å². The molecule has 3 aromatic rings. The molecule has 4 rings (SSSR count). The lowest BCUT2D eigenvalue weighted by molar-refractivity contribution is 0.103. The minimum absolute atomic E-state index is 0.00834. The van der Waals surface area contributed by atoms with Gasteiger partial charge in [-0.15, -0.1) is 11.8 Å². The molecule has 0 saturated heterocycles. The highest BCUT2D eigenvalue weighted by Crippen LogP contribution is 2.44. The number of nitrogens with zero attached hydrogens (tertiary/aromatic N) is 2. The molecule has 0 amide bonds. The van der Waals surface area contributed by atoms with Gasteiger partial charge >= 0.3 is 0 Å². The van der Waals surface area contributed by atoms with Crippen LogP contribution in [-0.2, 0) is 0 Å². The number of rotatable bonds is 5. The predicted octanol–water partition coefficient (Wildman–Crippen LogP) is 4.20. The van der Waals surface area contributed by atoms with E-state index in [4.69, 9.17) is 4.52 Å². The quantitative estimate of drug-likeness (QED) is 0.557. The Hall–Kier alpha value is -2.34.